The van der Waals surface area contributed by atoms with E-state index in [1.807, 2.05) is 0 Å². The molecule has 2 N–H and O–H groups in total. The van der Waals surface area contributed by atoms with E-state index in [9.17, 15) is 19.5 Å². The zero-order valence-electron chi connectivity index (χ0n) is 15.7. The first kappa shape index (κ1) is 19.2. The van der Waals surface area contributed by atoms with Crippen LogP contribution in [0.25, 0.3) is 0 Å². The van der Waals surface area contributed by atoms with Crippen LogP contribution < -0.4 is 10.1 Å². The molecule has 2 fully saturated rings. The number of hydrogen-bond donors (Lipinski definition) is 2. The predicted molar refractivity (Wildman–Crippen MR) is 96.7 cm³/mol. The fourth-order valence-electron chi connectivity index (χ4n) is 3.69. The maximum Gasteiger partial charge on any atom is 0.307 e. The summed E-state index contributed by atoms with van der Waals surface area (Å²) in [6, 6.07) is 4.84. The number of anilines is 1. The van der Waals surface area contributed by atoms with Crippen LogP contribution in [0.5, 0.6) is 5.75 Å². The van der Waals surface area contributed by atoms with Crippen molar-refractivity contribution in [3.8, 4) is 5.75 Å². The van der Waals surface area contributed by atoms with E-state index in [-0.39, 0.29) is 11.8 Å². The molecule has 146 valence electrons. The van der Waals surface area contributed by atoms with Crippen molar-refractivity contribution in [2.45, 2.75) is 13.8 Å². The lowest BCUT2D eigenvalue weighted by Gasteiger charge is -2.27. The number of morpholine rings is 1. The highest BCUT2D eigenvalue weighted by Crippen LogP contribution is 2.58. The fourth-order valence-corrected chi connectivity index (χ4v) is 3.69. The van der Waals surface area contributed by atoms with Gasteiger partial charge >= 0.3 is 5.97 Å². The summed E-state index contributed by atoms with van der Waals surface area (Å²) >= 11 is 0. The molecule has 0 spiro atoms. The van der Waals surface area contributed by atoms with Crippen molar-refractivity contribution >= 4 is 23.5 Å². The Hall–Kier alpha value is -2.61. The van der Waals surface area contributed by atoms with E-state index in [2.05, 4.69) is 5.32 Å². The first-order valence-corrected chi connectivity index (χ1v) is 8.86. The van der Waals surface area contributed by atoms with Crippen molar-refractivity contribution in [2.75, 3.05) is 38.7 Å². The molecule has 0 bridgehead atoms. The molecule has 0 aromatic heterocycles. The second kappa shape index (κ2) is 7.19. The molecule has 2 atom stereocenters. The minimum absolute atomic E-state index is 0.147. The monoisotopic (exact) mass is 376 g/mol. The third kappa shape index (κ3) is 3.62. The van der Waals surface area contributed by atoms with E-state index in [4.69, 9.17) is 9.47 Å². The molecule has 2 amide bonds. The molecular formula is C19H24N2O6. The summed E-state index contributed by atoms with van der Waals surface area (Å²) in [6.45, 7) is 5.54. The molecule has 3 rings (SSSR count). The number of ether oxygens (including phenoxy) is 2. The average Bonchev–Trinajstić information content (AvgIpc) is 3.24. The smallest absolute Gasteiger partial charge is 0.307 e. The summed E-state index contributed by atoms with van der Waals surface area (Å²) < 4.78 is 10.5. The molecule has 2 aliphatic rings. The Morgan fingerprint density at radius 1 is 1.22 bits per heavy atom. The summed E-state index contributed by atoms with van der Waals surface area (Å²) in [4.78, 5) is 38.3. The van der Waals surface area contributed by atoms with Crippen LogP contribution in [0.4, 0.5) is 5.69 Å². The Bertz CT molecular complexity index is 769. The van der Waals surface area contributed by atoms with Gasteiger partial charge in [0, 0.05) is 18.7 Å². The average molecular weight is 376 g/mol. The van der Waals surface area contributed by atoms with Gasteiger partial charge in [-0.1, -0.05) is 13.8 Å². The van der Waals surface area contributed by atoms with Crippen LogP contribution in [0.3, 0.4) is 0 Å². The number of carboxylic acid groups (broad SMARTS) is 1. The number of nitrogens with one attached hydrogen (secondary N) is 1. The Kier molecular flexibility index (Phi) is 5.10. The van der Waals surface area contributed by atoms with Crippen molar-refractivity contribution in [1.29, 1.82) is 0 Å². The Morgan fingerprint density at radius 3 is 2.44 bits per heavy atom. The normalized spacial score (nSPS) is 23.4. The minimum atomic E-state index is -0.983. The molecule has 1 aromatic rings. The largest absolute Gasteiger partial charge is 0.495 e. The van der Waals surface area contributed by atoms with Gasteiger partial charge in [-0.3, -0.25) is 14.4 Å². The van der Waals surface area contributed by atoms with Crippen molar-refractivity contribution in [3.05, 3.63) is 23.8 Å². The second-order valence-electron chi connectivity index (χ2n) is 7.42. The van der Waals surface area contributed by atoms with Crippen LogP contribution in [0.15, 0.2) is 18.2 Å². The number of amides is 2. The molecule has 8 heteroatoms. The number of hydrogen-bond acceptors (Lipinski definition) is 5. The van der Waals surface area contributed by atoms with Crippen molar-refractivity contribution in [3.63, 3.8) is 0 Å². The van der Waals surface area contributed by atoms with Crippen LogP contribution in [-0.4, -0.2) is 61.2 Å². The number of aliphatic carboxylic acids is 1. The molecule has 1 aliphatic carbocycles. The second-order valence-corrected chi connectivity index (χ2v) is 7.42. The van der Waals surface area contributed by atoms with E-state index in [0.717, 1.165) is 0 Å². The van der Waals surface area contributed by atoms with Crippen LogP contribution in [-0.2, 0) is 14.3 Å². The number of carbonyl (C=O) groups excluding carboxylic acids is 2. The lowest BCUT2D eigenvalue weighted by molar-refractivity contribution is -0.140. The molecule has 1 heterocycles. The molecule has 0 unspecified atom stereocenters. The zero-order valence-corrected chi connectivity index (χ0v) is 15.7. The predicted octanol–water partition coefficient (Wildman–Crippen LogP) is 1.46. The van der Waals surface area contributed by atoms with Crippen LogP contribution in [0.2, 0.25) is 0 Å². The molecule has 1 aliphatic heterocycles. The van der Waals surface area contributed by atoms with Crippen LogP contribution in [0.1, 0.15) is 24.2 Å². The number of carboxylic acids is 1. The van der Waals surface area contributed by atoms with Gasteiger partial charge in [-0.25, -0.2) is 0 Å². The van der Waals surface area contributed by atoms with E-state index in [0.29, 0.717) is 43.3 Å². The van der Waals surface area contributed by atoms with E-state index < -0.39 is 23.2 Å². The summed E-state index contributed by atoms with van der Waals surface area (Å²) in [6.07, 6.45) is 0. The topological polar surface area (TPSA) is 105 Å². The van der Waals surface area contributed by atoms with Gasteiger partial charge in [0.25, 0.3) is 5.91 Å². The maximum atomic E-state index is 12.7. The summed E-state index contributed by atoms with van der Waals surface area (Å²) in [5, 5.41) is 12.0. The molecule has 8 nitrogen and oxygen atoms in total. The highest BCUT2D eigenvalue weighted by atomic mass is 16.5. The summed E-state index contributed by atoms with van der Waals surface area (Å²) in [7, 11) is 1.47. The van der Waals surface area contributed by atoms with Gasteiger partial charge in [0.2, 0.25) is 5.91 Å². The minimum Gasteiger partial charge on any atom is -0.495 e. The maximum absolute atomic E-state index is 12.7. The highest BCUT2D eigenvalue weighted by Gasteiger charge is 2.65. The quantitative estimate of drug-likeness (QED) is 0.806. The van der Waals surface area contributed by atoms with Gasteiger partial charge in [0.15, 0.2) is 0 Å². The third-order valence-electron chi connectivity index (χ3n) is 5.38. The van der Waals surface area contributed by atoms with Crippen molar-refractivity contribution in [1.82, 2.24) is 4.90 Å². The Balaban J connectivity index is 1.79. The third-order valence-corrected chi connectivity index (χ3v) is 5.38. The van der Waals surface area contributed by atoms with Gasteiger partial charge in [0.05, 0.1) is 37.8 Å². The van der Waals surface area contributed by atoms with Gasteiger partial charge in [-0.2, -0.15) is 0 Å². The molecule has 1 aromatic carbocycles. The number of carbonyl (C=O) groups is 3. The molecule has 27 heavy (non-hydrogen) atoms. The SMILES string of the molecule is COc1ccc(C(=O)N2CCOCC2)cc1NC(=O)[C@@H]1[C@@H](C(=O)O)C1(C)C. The van der Waals surface area contributed by atoms with Gasteiger partial charge in [-0.05, 0) is 23.6 Å². The number of nitrogens with zero attached hydrogens (tertiary/aromatic N) is 1. The molecule has 1 saturated carbocycles. The van der Waals surface area contributed by atoms with E-state index in [1.165, 1.54) is 7.11 Å². The van der Waals surface area contributed by atoms with Gasteiger partial charge in [-0.15, -0.1) is 0 Å². The Labute approximate surface area is 157 Å². The molecular weight excluding hydrogens is 352 g/mol. The van der Waals surface area contributed by atoms with Gasteiger partial charge < -0.3 is 24.8 Å². The Morgan fingerprint density at radius 2 is 1.89 bits per heavy atom. The first-order valence-electron chi connectivity index (χ1n) is 8.86. The summed E-state index contributed by atoms with van der Waals surface area (Å²) in [5.41, 5.74) is 0.177. The standard InChI is InChI=1S/C19H24N2O6/c1-19(2)14(15(19)18(24)25)16(22)20-12-10-11(4-5-13(12)26-3)17(23)21-6-8-27-9-7-21/h4-5,10,14-15H,6-9H2,1-3H3,(H,20,22)(H,24,25)/t14-,15-/m0/s1. The van der Waals surface area contributed by atoms with Crippen LogP contribution in [0, 0.1) is 17.3 Å². The highest BCUT2D eigenvalue weighted by molar-refractivity contribution is 6.02. The van der Waals surface area contributed by atoms with Gasteiger partial charge in [0.1, 0.15) is 5.75 Å². The van der Waals surface area contributed by atoms with E-state index >= 15 is 0 Å². The summed E-state index contributed by atoms with van der Waals surface area (Å²) in [5.74, 6) is -2.45. The lowest BCUT2D eigenvalue weighted by atomic mass is 10.1. The zero-order chi connectivity index (χ0) is 19.8. The molecule has 1 saturated heterocycles. The van der Waals surface area contributed by atoms with Crippen LogP contribution >= 0.6 is 0 Å². The first-order chi connectivity index (χ1) is 12.8. The number of methoxy groups -OCH3 is 1. The lowest BCUT2D eigenvalue weighted by Crippen LogP contribution is -2.40. The van der Waals surface area contributed by atoms with Crippen molar-refractivity contribution < 1.29 is 29.0 Å². The van der Waals surface area contributed by atoms with Crippen molar-refractivity contribution in [2.24, 2.45) is 17.3 Å². The molecule has 0 radical (unpaired) electrons. The number of rotatable bonds is 5. The number of benzene rings is 1. The van der Waals surface area contributed by atoms with E-state index in [1.54, 1.807) is 36.9 Å². The fraction of sp³-hybridized carbons (Fsp3) is 0.526.